The lowest BCUT2D eigenvalue weighted by molar-refractivity contribution is -0.140. The van der Waals surface area contributed by atoms with Crippen LogP contribution in [0.5, 0.6) is 11.5 Å². The molecule has 174 valence electrons. The Morgan fingerprint density at radius 1 is 0.848 bits per heavy atom. The molecule has 0 saturated carbocycles. The van der Waals surface area contributed by atoms with Gasteiger partial charge in [-0.05, 0) is 53.9 Å². The zero-order valence-electron chi connectivity index (χ0n) is 18.9. The largest absolute Gasteiger partial charge is 0.508 e. The molecule has 8 heteroatoms. The van der Waals surface area contributed by atoms with Gasteiger partial charge in [0.15, 0.2) is 0 Å². The van der Waals surface area contributed by atoms with Crippen LogP contribution in [0, 0.1) is 0 Å². The molecule has 0 bridgehead atoms. The van der Waals surface area contributed by atoms with Crippen LogP contribution < -0.4 is 4.74 Å². The molecule has 4 aromatic rings. The van der Waals surface area contributed by atoms with Gasteiger partial charge in [0.2, 0.25) is 0 Å². The summed E-state index contributed by atoms with van der Waals surface area (Å²) in [4.78, 5) is 28.6. The summed E-state index contributed by atoms with van der Waals surface area (Å²) in [5.41, 5.74) is 3.65. The van der Waals surface area contributed by atoms with Crippen molar-refractivity contribution >= 4 is 33.7 Å². The van der Waals surface area contributed by atoms with Crippen molar-refractivity contribution in [1.29, 1.82) is 0 Å². The smallest absolute Gasteiger partial charge is 0.310 e. The van der Waals surface area contributed by atoms with E-state index in [9.17, 15) is 14.7 Å². The number of H-pyrrole nitrogens is 2. The molecule has 4 rings (SSSR count). The van der Waals surface area contributed by atoms with E-state index in [1.165, 1.54) is 14.2 Å². The first kappa shape index (κ1) is 23.7. The molecule has 33 heavy (non-hydrogen) atoms. The van der Waals surface area contributed by atoms with Crippen LogP contribution in [-0.2, 0) is 31.9 Å². The minimum absolute atomic E-state index is 0.188. The monoisotopic (exact) mass is 452 g/mol. The average Bonchev–Trinajstić information content (AvgIpc) is 3.41. The van der Waals surface area contributed by atoms with Crippen molar-refractivity contribution in [3.8, 4) is 11.5 Å². The number of ether oxygens (including phenoxy) is 3. The Balaban J connectivity index is 0.000000189. The van der Waals surface area contributed by atoms with Gasteiger partial charge in [0.05, 0.1) is 33.7 Å². The van der Waals surface area contributed by atoms with E-state index in [-0.39, 0.29) is 30.5 Å². The first-order valence-corrected chi connectivity index (χ1v) is 10.6. The normalized spacial score (nSPS) is 10.5. The number of hydrogen-bond donors (Lipinski definition) is 3. The van der Waals surface area contributed by atoms with Crippen LogP contribution in [0.2, 0.25) is 0 Å². The Kier molecular flexibility index (Phi) is 7.96. The highest BCUT2D eigenvalue weighted by atomic mass is 16.5. The zero-order valence-corrected chi connectivity index (χ0v) is 18.9. The van der Waals surface area contributed by atoms with E-state index in [1.54, 1.807) is 24.4 Å². The number of aromatic nitrogens is 2. The second-order valence-corrected chi connectivity index (χ2v) is 7.42. The number of phenols is 1. The second kappa shape index (κ2) is 11.1. The SMILES string of the molecule is CCCOc1ccc2[nH]cc(CC(=O)OC)c2c1.COC(=O)Cc1c[nH]c2ccc(O)cc12. The van der Waals surface area contributed by atoms with Gasteiger partial charge in [-0.25, -0.2) is 0 Å². The highest BCUT2D eigenvalue weighted by molar-refractivity contribution is 5.89. The molecule has 0 saturated heterocycles. The molecule has 0 atom stereocenters. The molecule has 2 aromatic carbocycles. The fourth-order valence-electron chi connectivity index (χ4n) is 3.38. The fourth-order valence-corrected chi connectivity index (χ4v) is 3.38. The standard InChI is InChI=1S/C14H17NO3.C11H11NO3/c1-3-6-18-11-4-5-13-12(8-11)10(9-15-13)7-14(16)17-2;1-15-11(14)4-7-6-12-10-3-2-8(13)5-9(7)10/h4-5,8-9,15H,3,6-7H2,1-2H3;2-3,5-6,12-13H,4H2,1H3. The maximum absolute atomic E-state index is 11.3. The van der Waals surface area contributed by atoms with Crippen LogP contribution in [-0.4, -0.2) is 47.8 Å². The number of nitrogens with one attached hydrogen (secondary N) is 2. The van der Waals surface area contributed by atoms with Crippen molar-refractivity contribution < 1.29 is 28.9 Å². The molecule has 0 aliphatic carbocycles. The van der Waals surface area contributed by atoms with Crippen LogP contribution in [0.3, 0.4) is 0 Å². The van der Waals surface area contributed by atoms with E-state index in [4.69, 9.17) is 4.74 Å². The highest BCUT2D eigenvalue weighted by Gasteiger charge is 2.10. The number of rotatable bonds is 7. The minimum atomic E-state index is -0.292. The van der Waals surface area contributed by atoms with E-state index in [0.717, 1.165) is 45.1 Å². The lowest BCUT2D eigenvalue weighted by Gasteiger charge is -2.05. The number of esters is 2. The van der Waals surface area contributed by atoms with E-state index < -0.39 is 0 Å². The summed E-state index contributed by atoms with van der Waals surface area (Å²) in [7, 11) is 2.75. The van der Waals surface area contributed by atoms with E-state index >= 15 is 0 Å². The first-order valence-electron chi connectivity index (χ1n) is 10.6. The van der Waals surface area contributed by atoms with Gasteiger partial charge >= 0.3 is 11.9 Å². The maximum atomic E-state index is 11.3. The van der Waals surface area contributed by atoms with Crippen molar-refractivity contribution in [3.63, 3.8) is 0 Å². The lowest BCUT2D eigenvalue weighted by Crippen LogP contribution is -2.03. The van der Waals surface area contributed by atoms with Gasteiger partial charge in [-0.1, -0.05) is 6.92 Å². The van der Waals surface area contributed by atoms with Crippen LogP contribution in [0.1, 0.15) is 24.5 Å². The Hall–Kier alpha value is -3.94. The van der Waals surface area contributed by atoms with Crippen LogP contribution in [0.15, 0.2) is 48.8 Å². The third kappa shape index (κ3) is 6.06. The molecule has 0 aliphatic rings. The van der Waals surface area contributed by atoms with Gasteiger partial charge in [-0.3, -0.25) is 9.59 Å². The maximum Gasteiger partial charge on any atom is 0.310 e. The topological polar surface area (TPSA) is 114 Å². The molecule has 0 radical (unpaired) electrons. The van der Waals surface area contributed by atoms with Crippen molar-refractivity contribution in [3.05, 3.63) is 59.9 Å². The lowest BCUT2D eigenvalue weighted by atomic mass is 10.1. The number of benzene rings is 2. The van der Waals surface area contributed by atoms with E-state index in [1.807, 2.05) is 24.4 Å². The molecule has 0 aliphatic heterocycles. The molecule has 0 unspecified atom stereocenters. The van der Waals surface area contributed by atoms with Gasteiger partial charge in [0.1, 0.15) is 11.5 Å². The zero-order chi connectivity index (χ0) is 23.8. The van der Waals surface area contributed by atoms with Crippen molar-refractivity contribution in [1.82, 2.24) is 9.97 Å². The van der Waals surface area contributed by atoms with Gasteiger partial charge in [0, 0.05) is 34.2 Å². The average molecular weight is 453 g/mol. The highest BCUT2D eigenvalue weighted by Crippen LogP contribution is 2.25. The second-order valence-electron chi connectivity index (χ2n) is 7.42. The van der Waals surface area contributed by atoms with Gasteiger partial charge in [-0.15, -0.1) is 0 Å². The molecule has 0 fully saturated rings. The molecule has 2 aromatic heterocycles. The van der Waals surface area contributed by atoms with E-state index in [2.05, 4.69) is 26.4 Å². The summed E-state index contributed by atoms with van der Waals surface area (Å²) in [5.74, 6) is 0.485. The quantitative estimate of drug-likeness (QED) is 0.361. The summed E-state index contributed by atoms with van der Waals surface area (Å²) in [5, 5.41) is 11.2. The van der Waals surface area contributed by atoms with Crippen LogP contribution in [0.25, 0.3) is 21.8 Å². The van der Waals surface area contributed by atoms with Crippen LogP contribution >= 0.6 is 0 Å². The number of phenolic OH excluding ortho intramolecular Hbond substituents is 1. The molecule has 3 N–H and O–H groups in total. The minimum Gasteiger partial charge on any atom is -0.508 e. The molecule has 0 spiro atoms. The Bertz CT molecular complexity index is 1240. The van der Waals surface area contributed by atoms with Crippen molar-refractivity contribution in [2.75, 3.05) is 20.8 Å². The van der Waals surface area contributed by atoms with E-state index in [0.29, 0.717) is 6.61 Å². The molecular weight excluding hydrogens is 424 g/mol. The number of carbonyl (C=O) groups is 2. The summed E-state index contributed by atoms with van der Waals surface area (Å²) in [6.07, 6.45) is 5.04. The van der Waals surface area contributed by atoms with Gasteiger partial charge in [0.25, 0.3) is 0 Å². The molecular formula is C25H28N2O6. The van der Waals surface area contributed by atoms with Crippen molar-refractivity contribution in [2.24, 2.45) is 0 Å². The van der Waals surface area contributed by atoms with Crippen LogP contribution in [0.4, 0.5) is 0 Å². The Labute approximate surface area is 191 Å². The summed E-state index contributed by atoms with van der Waals surface area (Å²) in [6, 6.07) is 10.8. The number of carbonyl (C=O) groups excluding carboxylic acids is 2. The predicted molar refractivity (Wildman–Crippen MR) is 125 cm³/mol. The molecule has 8 nitrogen and oxygen atoms in total. The molecule has 2 heterocycles. The number of aromatic hydroxyl groups is 1. The molecule has 0 amide bonds. The number of hydrogen-bond acceptors (Lipinski definition) is 6. The number of methoxy groups -OCH3 is 2. The number of fused-ring (bicyclic) bond motifs is 2. The van der Waals surface area contributed by atoms with Crippen molar-refractivity contribution in [2.45, 2.75) is 26.2 Å². The summed E-state index contributed by atoms with van der Waals surface area (Å²) >= 11 is 0. The Morgan fingerprint density at radius 2 is 1.39 bits per heavy atom. The number of aromatic amines is 2. The predicted octanol–water partition coefficient (Wildman–Crippen LogP) is 4.26. The third-order valence-electron chi connectivity index (χ3n) is 5.09. The third-order valence-corrected chi connectivity index (χ3v) is 5.09. The fraction of sp³-hybridized carbons (Fsp3) is 0.280. The first-order chi connectivity index (χ1) is 15.9. The Morgan fingerprint density at radius 3 is 1.94 bits per heavy atom. The summed E-state index contributed by atoms with van der Waals surface area (Å²) < 4.78 is 14.9. The van der Waals surface area contributed by atoms with Gasteiger partial charge in [-0.2, -0.15) is 0 Å². The summed E-state index contributed by atoms with van der Waals surface area (Å²) in [6.45, 7) is 2.76. The van der Waals surface area contributed by atoms with Gasteiger partial charge < -0.3 is 29.3 Å².